The van der Waals surface area contributed by atoms with E-state index in [1.807, 2.05) is 13.8 Å². The van der Waals surface area contributed by atoms with Gasteiger partial charge >= 0.3 is 0 Å². The molecular formula is C19H20Cl2N2O4. The Morgan fingerprint density at radius 2 is 1.63 bits per heavy atom. The molecule has 2 aromatic carbocycles. The summed E-state index contributed by atoms with van der Waals surface area (Å²) in [6.07, 6.45) is 0. The number of amides is 2. The van der Waals surface area contributed by atoms with Gasteiger partial charge in [-0.1, -0.05) is 23.2 Å². The van der Waals surface area contributed by atoms with E-state index >= 15 is 0 Å². The predicted molar refractivity (Wildman–Crippen MR) is 106 cm³/mol. The molecule has 8 heteroatoms. The first-order valence-electron chi connectivity index (χ1n) is 8.37. The monoisotopic (exact) mass is 410 g/mol. The summed E-state index contributed by atoms with van der Waals surface area (Å²) in [5, 5.41) is 5.91. The number of carbonyl (C=O) groups excluding carboxylic acids is 2. The van der Waals surface area contributed by atoms with Crippen LogP contribution < -0.4 is 20.1 Å². The zero-order valence-electron chi connectivity index (χ0n) is 15.0. The van der Waals surface area contributed by atoms with Crippen LogP contribution in [0, 0.1) is 0 Å². The Balaban J connectivity index is 1.97. The van der Waals surface area contributed by atoms with Crippen molar-refractivity contribution in [2.75, 3.05) is 25.1 Å². The zero-order chi connectivity index (χ0) is 19.8. The molecule has 0 atom stereocenters. The summed E-state index contributed by atoms with van der Waals surface area (Å²) in [7, 11) is 0. The highest BCUT2D eigenvalue weighted by Gasteiger charge is 2.13. The van der Waals surface area contributed by atoms with Crippen molar-refractivity contribution < 1.29 is 19.1 Å². The topological polar surface area (TPSA) is 76.7 Å². The van der Waals surface area contributed by atoms with Gasteiger partial charge in [0.15, 0.2) is 11.5 Å². The van der Waals surface area contributed by atoms with Gasteiger partial charge in [-0.2, -0.15) is 0 Å². The van der Waals surface area contributed by atoms with E-state index in [1.165, 1.54) is 6.07 Å². The molecule has 0 aliphatic carbocycles. The third-order valence-electron chi connectivity index (χ3n) is 3.42. The molecule has 2 rings (SSSR count). The summed E-state index contributed by atoms with van der Waals surface area (Å²) < 4.78 is 11.0. The van der Waals surface area contributed by atoms with Gasteiger partial charge in [0.05, 0.1) is 29.8 Å². The van der Waals surface area contributed by atoms with Crippen molar-refractivity contribution in [1.82, 2.24) is 5.32 Å². The fourth-order valence-electron chi connectivity index (χ4n) is 2.23. The molecular weight excluding hydrogens is 391 g/mol. The minimum absolute atomic E-state index is 0.198. The van der Waals surface area contributed by atoms with E-state index < -0.39 is 11.8 Å². The summed E-state index contributed by atoms with van der Waals surface area (Å²) >= 11 is 11.7. The Bertz CT molecular complexity index is 827. The largest absolute Gasteiger partial charge is 0.490 e. The quantitative estimate of drug-likeness (QED) is 0.684. The van der Waals surface area contributed by atoms with Crippen molar-refractivity contribution in [3.8, 4) is 11.5 Å². The van der Waals surface area contributed by atoms with Gasteiger partial charge in [0.25, 0.3) is 5.91 Å². The molecule has 0 saturated heterocycles. The van der Waals surface area contributed by atoms with Gasteiger partial charge in [0.1, 0.15) is 0 Å². The number of benzene rings is 2. The lowest BCUT2D eigenvalue weighted by Crippen LogP contribution is -2.32. The highest BCUT2D eigenvalue weighted by Crippen LogP contribution is 2.28. The molecule has 0 spiro atoms. The molecule has 0 fully saturated rings. The highest BCUT2D eigenvalue weighted by atomic mass is 35.5. The summed E-state index contributed by atoms with van der Waals surface area (Å²) in [5.41, 5.74) is 0.854. The van der Waals surface area contributed by atoms with Gasteiger partial charge in [-0.15, -0.1) is 0 Å². The minimum atomic E-state index is -0.400. The summed E-state index contributed by atoms with van der Waals surface area (Å²) in [6.45, 7) is 4.44. The van der Waals surface area contributed by atoms with Gasteiger partial charge < -0.3 is 20.1 Å². The average molecular weight is 411 g/mol. The first-order chi connectivity index (χ1) is 12.9. The Morgan fingerprint density at radius 1 is 0.926 bits per heavy atom. The van der Waals surface area contributed by atoms with Crippen molar-refractivity contribution in [2.45, 2.75) is 13.8 Å². The predicted octanol–water partition coefficient (Wildman–Crippen LogP) is 4.16. The van der Waals surface area contributed by atoms with E-state index in [2.05, 4.69) is 10.6 Å². The second-order valence-corrected chi connectivity index (χ2v) is 6.20. The van der Waals surface area contributed by atoms with Crippen LogP contribution in [0.4, 0.5) is 5.69 Å². The number of ether oxygens (including phenoxy) is 2. The average Bonchev–Trinajstić information content (AvgIpc) is 2.64. The molecule has 2 amide bonds. The third-order valence-corrected chi connectivity index (χ3v) is 4.16. The van der Waals surface area contributed by atoms with E-state index in [0.717, 1.165) is 0 Å². The first-order valence-corrected chi connectivity index (χ1v) is 9.13. The van der Waals surface area contributed by atoms with Crippen LogP contribution in [-0.4, -0.2) is 31.6 Å². The van der Waals surface area contributed by atoms with Gasteiger partial charge in [-0.05, 0) is 50.2 Å². The van der Waals surface area contributed by atoms with Crippen molar-refractivity contribution in [2.24, 2.45) is 0 Å². The zero-order valence-corrected chi connectivity index (χ0v) is 16.5. The van der Waals surface area contributed by atoms with Crippen LogP contribution in [-0.2, 0) is 4.79 Å². The van der Waals surface area contributed by atoms with Crippen molar-refractivity contribution in [3.63, 3.8) is 0 Å². The van der Waals surface area contributed by atoms with E-state index in [9.17, 15) is 9.59 Å². The molecule has 0 aliphatic rings. The number of hydrogen-bond acceptors (Lipinski definition) is 4. The van der Waals surface area contributed by atoms with Crippen molar-refractivity contribution in [1.29, 1.82) is 0 Å². The summed E-state index contributed by atoms with van der Waals surface area (Å²) in [5.74, 6) is 0.251. The maximum atomic E-state index is 12.3. The van der Waals surface area contributed by atoms with Crippen LogP contribution in [0.25, 0.3) is 0 Å². The van der Waals surface area contributed by atoms with E-state index in [-0.39, 0.29) is 6.54 Å². The molecule has 144 valence electrons. The normalized spacial score (nSPS) is 10.2. The Hall–Kier alpha value is -2.44. The van der Waals surface area contributed by atoms with Gasteiger partial charge in [-0.3, -0.25) is 9.59 Å². The van der Waals surface area contributed by atoms with Crippen molar-refractivity contribution >= 4 is 40.7 Å². The fourth-order valence-corrected chi connectivity index (χ4v) is 2.53. The summed E-state index contributed by atoms with van der Waals surface area (Å²) in [6, 6.07) is 9.59. The fraction of sp³-hybridized carbons (Fsp3) is 0.263. The number of rotatable bonds is 8. The van der Waals surface area contributed by atoms with E-state index in [4.69, 9.17) is 32.7 Å². The van der Waals surface area contributed by atoms with Crippen LogP contribution in [0.5, 0.6) is 11.5 Å². The second-order valence-electron chi connectivity index (χ2n) is 5.39. The SMILES string of the molecule is CCOc1ccc(C(=O)NCC(=O)Nc2ccc(Cl)c(Cl)c2)cc1OCC. The molecule has 0 bridgehead atoms. The van der Waals surface area contributed by atoms with Crippen LogP contribution in [0.3, 0.4) is 0 Å². The molecule has 0 radical (unpaired) electrons. The smallest absolute Gasteiger partial charge is 0.251 e. The van der Waals surface area contributed by atoms with Crippen LogP contribution in [0.15, 0.2) is 36.4 Å². The molecule has 0 unspecified atom stereocenters. The lowest BCUT2D eigenvalue weighted by molar-refractivity contribution is -0.115. The van der Waals surface area contributed by atoms with Crippen molar-refractivity contribution in [3.05, 3.63) is 52.0 Å². The van der Waals surface area contributed by atoms with Gasteiger partial charge in [0.2, 0.25) is 5.91 Å². The Morgan fingerprint density at radius 3 is 2.30 bits per heavy atom. The molecule has 0 saturated carbocycles. The van der Waals surface area contributed by atoms with Gasteiger partial charge in [-0.25, -0.2) is 0 Å². The molecule has 0 aliphatic heterocycles. The number of halogens is 2. The second kappa shape index (κ2) is 10.0. The van der Waals surface area contributed by atoms with Crippen LogP contribution >= 0.6 is 23.2 Å². The molecule has 2 aromatic rings. The number of anilines is 1. The highest BCUT2D eigenvalue weighted by molar-refractivity contribution is 6.42. The molecule has 6 nitrogen and oxygen atoms in total. The molecule has 2 N–H and O–H groups in total. The van der Waals surface area contributed by atoms with E-state index in [1.54, 1.807) is 30.3 Å². The molecule has 0 aromatic heterocycles. The minimum Gasteiger partial charge on any atom is -0.490 e. The molecule has 0 heterocycles. The number of carbonyl (C=O) groups is 2. The molecule has 27 heavy (non-hydrogen) atoms. The lowest BCUT2D eigenvalue weighted by atomic mass is 10.2. The number of nitrogens with one attached hydrogen (secondary N) is 2. The van der Waals surface area contributed by atoms with Gasteiger partial charge in [0, 0.05) is 11.3 Å². The Kier molecular flexibility index (Phi) is 7.76. The Labute approximate surface area is 167 Å². The summed E-state index contributed by atoms with van der Waals surface area (Å²) in [4.78, 5) is 24.3. The maximum Gasteiger partial charge on any atom is 0.251 e. The maximum absolute atomic E-state index is 12.3. The standard InChI is InChI=1S/C19H20Cl2N2O4/c1-3-26-16-8-5-12(9-17(16)27-4-2)19(25)22-11-18(24)23-13-6-7-14(20)15(21)10-13/h5-10H,3-4,11H2,1-2H3,(H,22,25)(H,23,24). The lowest BCUT2D eigenvalue weighted by Gasteiger charge is -2.12. The van der Waals surface area contributed by atoms with Crippen LogP contribution in [0.1, 0.15) is 24.2 Å². The number of hydrogen-bond donors (Lipinski definition) is 2. The first kappa shape index (κ1) is 20.9. The third kappa shape index (κ3) is 6.05. The van der Waals surface area contributed by atoms with E-state index in [0.29, 0.717) is 46.0 Å². The van der Waals surface area contributed by atoms with Crippen LogP contribution in [0.2, 0.25) is 10.0 Å².